The summed E-state index contributed by atoms with van der Waals surface area (Å²) in [5.41, 5.74) is 2.98. The molecule has 0 bridgehead atoms. The smallest absolute Gasteiger partial charge is 0.118 e. The third-order valence-electron chi connectivity index (χ3n) is 4.21. The zero-order chi connectivity index (χ0) is 16.8. The van der Waals surface area contributed by atoms with Gasteiger partial charge < -0.3 is 14.9 Å². The molecule has 2 N–H and O–H groups in total. The molecule has 0 fully saturated rings. The molecular weight excluding hydrogens is 290 g/mol. The maximum Gasteiger partial charge on any atom is 0.118 e. The van der Waals surface area contributed by atoms with Crippen LogP contribution in [0.15, 0.2) is 48.5 Å². The first kappa shape index (κ1) is 17.5. The van der Waals surface area contributed by atoms with E-state index < -0.39 is 6.10 Å². The molecule has 0 aromatic heterocycles. The molecule has 0 saturated heterocycles. The minimum atomic E-state index is -0.589. The van der Waals surface area contributed by atoms with E-state index in [1.165, 1.54) is 0 Å². The van der Waals surface area contributed by atoms with Crippen LogP contribution in [-0.2, 0) is 0 Å². The molecule has 4 nitrogen and oxygen atoms in total. The Kier molecular flexibility index (Phi) is 6.16. The van der Waals surface area contributed by atoms with Crippen molar-refractivity contribution in [3.05, 3.63) is 65.2 Å². The number of nitrogens with zero attached hydrogens (tertiary/aromatic N) is 1. The zero-order valence-corrected chi connectivity index (χ0v) is 13.9. The van der Waals surface area contributed by atoms with Crippen molar-refractivity contribution in [2.75, 3.05) is 27.3 Å². The number of aryl methyl sites for hydroxylation is 1. The number of aliphatic hydroxyl groups excluding tert-OH is 2. The van der Waals surface area contributed by atoms with E-state index in [-0.39, 0.29) is 12.6 Å². The Hall–Kier alpha value is -1.88. The van der Waals surface area contributed by atoms with E-state index in [2.05, 4.69) is 0 Å². The average Bonchev–Trinajstić information content (AvgIpc) is 2.56. The van der Waals surface area contributed by atoms with Crippen molar-refractivity contribution < 1.29 is 14.9 Å². The van der Waals surface area contributed by atoms with Gasteiger partial charge in [-0.25, -0.2) is 0 Å². The molecule has 0 aliphatic rings. The molecule has 2 rings (SSSR count). The standard InChI is InChI=1S/C19H25NO3/c1-14-6-4-5-7-17(14)19(22)12-20(2)18(13-21)15-8-10-16(23-3)11-9-15/h4-11,18-19,21-22H,12-13H2,1-3H3. The van der Waals surface area contributed by atoms with Crippen LogP contribution in [0.2, 0.25) is 0 Å². The van der Waals surface area contributed by atoms with Gasteiger partial charge in [0.25, 0.3) is 0 Å². The number of hydrogen-bond acceptors (Lipinski definition) is 4. The van der Waals surface area contributed by atoms with Crippen LogP contribution in [0.3, 0.4) is 0 Å². The average molecular weight is 315 g/mol. The second-order valence-corrected chi connectivity index (χ2v) is 5.78. The number of hydrogen-bond donors (Lipinski definition) is 2. The van der Waals surface area contributed by atoms with Crippen molar-refractivity contribution in [3.8, 4) is 5.75 Å². The van der Waals surface area contributed by atoms with E-state index in [1.54, 1.807) is 7.11 Å². The Labute approximate surface area is 138 Å². The van der Waals surface area contributed by atoms with Crippen LogP contribution in [0.25, 0.3) is 0 Å². The molecule has 0 heterocycles. The van der Waals surface area contributed by atoms with Crippen LogP contribution >= 0.6 is 0 Å². The van der Waals surface area contributed by atoms with Gasteiger partial charge in [-0.1, -0.05) is 36.4 Å². The summed E-state index contributed by atoms with van der Waals surface area (Å²) in [5, 5.41) is 20.3. The summed E-state index contributed by atoms with van der Waals surface area (Å²) in [6.45, 7) is 2.43. The third kappa shape index (κ3) is 4.32. The summed E-state index contributed by atoms with van der Waals surface area (Å²) in [4.78, 5) is 1.97. The molecular formula is C19H25NO3. The Morgan fingerprint density at radius 1 is 1.09 bits per heavy atom. The highest BCUT2D eigenvalue weighted by molar-refractivity contribution is 5.30. The number of likely N-dealkylation sites (N-methyl/N-ethyl adjacent to an activating group) is 1. The van der Waals surface area contributed by atoms with Gasteiger partial charge >= 0.3 is 0 Å². The lowest BCUT2D eigenvalue weighted by Crippen LogP contribution is -2.31. The van der Waals surface area contributed by atoms with E-state index in [9.17, 15) is 10.2 Å². The molecule has 0 spiro atoms. The quantitative estimate of drug-likeness (QED) is 0.825. The Morgan fingerprint density at radius 2 is 1.74 bits per heavy atom. The largest absolute Gasteiger partial charge is 0.497 e. The van der Waals surface area contributed by atoms with Gasteiger partial charge in [-0.3, -0.25) is 4.90 Å². The number of ether oxygens (including phenoxy) is 1. The molecule has 0 amide bonds. The van der Waals surface area contributed by atoms with Gasteiger partial charge in [-0.15, -0.1) is 0 Å². The summed E-state index contributed by atoms with van der Waals surface area (Å²) in [6, 6.07) is 15.3. The molecule has 0 radical (unpaired) electrons. The molecule has 0 aliphatic heterocycles. The number of benzene rings is 2. The van der Waals surface area contributed by atoms with Crippen molar-refractivity contribution in [1.82, 2.24) is 4.90 Å². The van der Waals surface area contributed by atoms with Gasteiger partial charge in [0.1, 0.15) is 5.75 Å². The zero-order valence-electron chi connectivity index (χ0n) is 13.9. The molecule has 0 aliphatic carbocycles. The fourth-order valence-electron chi connectivity index (χ4n) is 2.78. The van der Waals surface area contributed by atoms with Gasteiger partial charge in [0.15, 0.2) is 0 Å². The molecule has 23 heavy (non-hydrogen) atoms. The summed E-state index contributed by atoms with van der Waals surface area (Å²) in [7, 11) is 3.54. The highest BCUT2D eigenvalue weighted by Crippen LogP contribution is 2.25. The molecule has 2 aromatic carbocycles. The fraction of sp³-hybridized carbons (Fsp3) is 0.368. The SMILES string of the molecule is COc1ccc(C(CO)N(C)CC(O)c2ccccc2C)cc1. The van der Waals surface area contributed by atoms with Crippen LogP contribution in [0, 0.1) is 6.92 Å². The number of methoxy groups -OCH3 is 1. The summed E-state index contributed by atoms with van der Waals surface area (Å²) >= 11 is 0. The van der Waals surface area contributed by atoms with Crippen molar-refractivity contribution in [2.24, 2.45) is 0 Å². The lowest BCUT2D eigenvalue weighted by atomic mass is 10.0. The number of aliphatic hydroxyl groups is 2. The summed E-state index contributed by atoms with van der Waals surface area (Å²) < 4.78 is 5.16. The minimum Gasteiger partial charge on any atom is -0.497 e. The lowest BCUT2D eigenvalue weighted by Gasteiger charge is -2.29. The Morgan fingerprint density at radius 3 is 2.30 bits per heavy atom. The molecule has 2 atom stereocenters. The Balaban J connectivity index is 2.10. The molecule has 0 saturated carbocycles. The predicted molar refractivity (Wildman–Crippen MR) is 91.6 cm³/mol. The first-order valence-corrected chi connectivity index (χ1v) is 7.75. The first-order chi connectivity index (χ1) is 11.1. The Bertz CT molecular complexity index is 612. The van der Waals surface area contributed by atoms with Crippen molar-refractivity contribution >= 4 is 0 Å². The maximum absolute atomic E-state index is 10.5. The molecule has 2 unspecified atom stereocenters. The third-order valence-corrected chi connectivity index (χ3v) is 4.21. The fourth-order valence-corrected chi connectivity index (χ4v) is 2.78. The molecule has 4 heteroatoms. The lowest BCUT2D eigenvalue weighted by molar-refractivity contribution is 0.0792. The molecule has 2 aromatic rings. The monoisotopic (exact) mass is 315 g/mol. The van der Waals surface area contributed by atoms with E-state index in [0.717, 1.165) is 22.4 Å². The van der Waals surface area contributed by atoms with Crippen LogP contribution < -0.4 is 4.74 Å². The maximum atomic E-state index is 10.5. The van der Waals surface area contributed by atoms with E-state index in [1.807, 2.05) is 67.4 Å². The van der Waals surface area contributed by atoms with Crippen molar-refractivity contribution in [3.63, 3.8) is 0 Å². The van der Waals surface area contributed by atoms with Crippen LogP contribution in [-0.4, -0.2) is 42.4 Å². The van der Waals surface area contributed by atoms with Gasteiger partial charge in [0.2, 0.25) is 0 Å². The second-order valence-electron chi connectivity index (χ2n) is 5.78. The van der Waals surface area contributed by atoms with Gasteiger partial charge in [0.05, 0.1) is 25.9 Å². The van der Waals surface area contributed by atoms with E-state index in [0.29, 0.717) is 6.54 Å². The van der Waals surface area contributed by atoms with Crippen molar-refractivity contribution in [2.45, 2.75) is 19.1 Å². The van der Waals surface area contributed by atoms with E-state index >= 15 is 0 Å². The second kappa shape index (κ2) is 8.11. The topological polar surface area (TPSA) is 52.9 Å². The van der Waals surface area contributed by atoms with Crippen LogP contribution in [0.1, 0.15) is 28.8 Å². The van der Waals surface area contributed by atoms with Gasteiger partial charge in [-0.05, 0) is 42.8 Å². The van der Waals surface area contributed by atoms with Gasteiger partial charge in [-0.2, -0.15) is 0 Å². The normalized spacial score (nSPS) is 13.8. The minimum absolute atomic E-state index is 0.0106. The van der Waals surface area contributed by atoms with Crippen molar-refractivity contribution in [1.29, 1.82) is 0 Å². The number of rotatable bonds is 7. The van der Waals surface area contributed by atoms with E-state index in [4.69, 9.17) is 4.74 Å². The molecule has 124 valence electrons. The van der Waals surface area contributed by atoms with Crippen LogP contribution in [0.4, 0.5) is 0 Å². The predicted octanol–water partition coefficient (Wildman–Crippen LogP) is 2.70. The van der Waals surface area contributed by atoms with Crippen LogP contribution in [0.5, 0.6) is 5.75 Å². The van der Waals surface area contributed by atoms with Gasteiger partial charge in [0, 0.05) is 6.54 Å². The summed E-state index contributed by atoms with van der Waals surface area (Å²) in [5.74, 6) is 0.785. The first-order valence-electron chi connectivity index (χ1n) is 7.75. The highest BCUT2D eigenvalue weighted by atomic mass is 16.5. The highest BCUT2D eigenvalue weighted by Gasteiger charge is 2.20. The summed E-state index contributed by atoms with van der Waals surface area (Å²) in [6.07, 6.45) is -0.589.